The van der Waals surface area contributed by atoms with Crippen LogP contribution in [0.3, 0.4) is 0 Å². The highest BCUT2D eigenvalue weighted by Gasteiger charge is 2.23. The van der Waals surface area contributed by atoms with Crippen molar-refractivity contribution in [2.45, 2.75) is 13.3 Å². The minimum atomic E-state index is 0.0780. The Hall–Kier alpha value is -3.11. The number of likely N-dealkylation sites (N-methyl/N-ethyl adjacent to an activating group) is 1. The van der Waals surface area contributed by atoms with E-state index in [4.69, 9.17) is 4.74 Å². The molecule has 0 aromatic heterocycles. The third-order valence-electron chi connectivity index (χ3n) is 6.06. The fourth-order valence-electron chi connectivity index (χ4n) is 4.25. The number of ether oxygens (including phenoxy) is 1. The summed E-state index contributed by atoms with van der Waals surface area (Å²) in [6, 6.07) is 24.3. The zero-order valence-electron chi connectivity index (χ0n) is 18.4. The van der Waals surface area contributed by atoms with E-state index in [1.165, 1.54) is 0 Å². The first-order valence-corrected chi connectivity index (χ1v) is 11.0. The summed E-state index contributed by atoms with van der Waals surface area (Å²) >= 11 is 0. The van der Waals surface area contributed by atoms with Crippen LogP contribution >= 0.6 is 0 Å². The van der Waals surface area contributed by atoms with Crippen LogP contribution in [0.5, 0.6) is 5.75 Å². The number of methoxy groups -OCH3 is 1. The van der Waals surface area contributed by atoms with Gasteiger partial charge in [-0.2, -0.15) is 0 Å². The number of carbonyl (C=O) groups excluding carboxylic acids is 1. The van der Waals surface area contributed by atoms with E-state index in [9.17, 15) is 4.79 Å². The lowest BCUT2D eigenvalue weighted by molar-refractivity contribution is 0.0990. The lowest BCUT2D eigenvalue weighted by Gasteiger charge is -2.36. The van der Waals surface area contributed by atoms with Crippen LogP contribution in [0.15, 0.2) is 72.8 Å². The van der Waals surface area contributed by atoms with Crippen molar-refractivity contribution in [1.29, 1.82) is 0 Å². The molecular formula is C27H30N2O2. The molecule has 3 aromatic carbocycles. The van der Waals surface area contributed by atoms with Gasteiger partial charge in [-0.15, -0.1) is 0 Å². The summed E-state index contributed by atoms with van der Waals surface area (Å²) in [6.45, 7) is 7.28. The summed E-state index contributed by atoms with van der Waals surface area (Å²) in [6.07, 6.45) is 0.360. The van der Waals surface area contributed by atoms with E-state index in [1.54, 1.807) is 7.11 Å². The molecule has 4 rings (SSSR count). The maximum Gasteiger partial charge on any atom is 0.171 e. The van der Waals surface area contributed by atoms with Gasteiger partial charge in [-0.1, -0.05) is 67.6 Å². The molecule has 0 radical (unpaired) electrons. The number of carbonyl (C=O) groups is 1. The Labute approximate surface area is 185 Å². The molecule has 1 fully saturated rings. The van der Waals surface area contributed by atoms with Gasteiger partial charge in [0.2, 0.25) is 0 Å². The number of hydrogen-bond acceptors (Lipinski definition) is 4. The van der Waals surface area contributed by atoms with Gasteiger partial charge in [-0.25, -0.2) is 0 Å². The van der Waals surface area contributed by atoms with Crippen molar-refractivity contribution in [3.8, 4) is 16.9 Å². The molecule has 0 unspecified atom stereocenters. The van der Waals surface area contributed by atoms with E-state index in [2.05, 4.69) is 34.9 Å². The van der Waals surface area contributed by atoms with Crippen molar-refractivity contribution in [3.63, 3.8) is 0 Å². The minimum absolute atomic E-state index is 0.0780. The summed E-state index contributed by atoms with van der Waals surface area (Å²) in [7, 11) is 1.65. The molecular weight excluding hydrogens is 384 g/mol. The van der Waals surface area contributed by atoms with Crippen molar-refractivity contribution in [2.75, 3.05) is 44.7 Å². The first kappa shape index (κ1) is 21.1. The smallest absolute Gasteiger partial charge is 0.171 e. The van der Waals surface area contributed by atoms with Gasteiger partial charge in [0.1, 0.15) is 5.75 Å². The van der Waals surface area contributed by atoms with E-state index in [0.717, 1.165) is 55.1 Å². The second-order valence-electron chi connectivity index (χ2n) is 7.95. The van der Waals surface area contributed by atoms with Crippen molar-refractivity contribution < 1.29 is 9.53 Å². The molecule has 4 nitrogen and oxygen atoms in total. The molecule has 0 bridgehead atoms. The predicted octanol–water partition coefficient (Wildman–Crippen LogP) is 4.93. The van der Waals surface area contributed by atoms with Gasteiger partial charge in [-0.3, -0.25) is 4.79 Å². The number of piperazine rings is 1. The zero-order chi connectivity index (χ0) is 21.6. The van der Waals surface area contributed by atoms with Crippen molar-refractivity contribution in [1.82, 2.24) is 4.90 Å². The molecule has 4 heteroatoms. The van der Waals surface area contributed by atoms with Crippen molar-refractivity contribution in [3.05, 3.63) is 83.9 Å². The molecule has 1 aliphatic heterocycles. The Morgan fingerprint density at radius 1 is 0.903 bits per heavy atom. The number of anilines is 1. The van der Waals surface area contributed by atoms with Crippen LogP contribution in [-0.2, 0) is 6.42 Å². The average Bonchev–Trinajstić information content (AvgIpc) is 2.84. The minimum Gasteiger partial charge on any atom is -0.495 e. The lowest BCUT2D eigenvalue weighted by Crippen LogP contribution is -2.46. The largest absolute Gasteiger partial charge is 0.495 e. The van der Waals surface area contributed by atoms with Gasteiger partial charge in [-0.05, 0) is 29.8 Å². The third kappa shape index (κ3) is 4.80. The number of ketones is 1. The summed E-state index contributed by atoms with van der Waals surface area (Å²) in [5, 5.41) is 0. The number of rotatable bonds is 7. The Bertz CT molecular complexity index is 1010. The van der Waals surface area contributed by atoms with Crippen molar-refractivity contribution in [2.24, 2.45) is 0 Å². The second kappa shape index (κ2) is 9.80. The monoisotopic (exact) mass is 414 g/mol. The summed E-state index contributed by atoms with van der Waals surface area (Å²) < 4.78 is 5.82. The maximum absolute atomic E-state index is 13.4. The third-order valence-corrected chi connectivity index (χ3v) is 6.06. The summed E-state index contributed by atoms with van der Waals surface area (Å²) in [4.78, 5) is 18.2. The molecule has 0 saturated carbocycles. The van der Waals surface area contributed by atoms with Gasteiger partial charge < -0.3 is 14.5 Å². The van der Waals surface area contributed by atoms with Crippen LogP contribution in [-0.4, -0.2) is 50.5 Å². The van der Waals surface area contributed by atoms with E-state index < -0.39 is 0 Å². The number of nitrogens with zero attached hydrogens (tertiary/aromatic N) is 2. The highest BCUT2D eigenvalue weighted by Crippen LogP contribution is 2.38. The van der Waals surface area contributed by atoms with Crippen LogP contribution in [0, 0.1) is 0 Å². The molecule has 0 atom stereocenters. The highest BCUT2D eigenvalue weighted by molar-refractivity contribution is 6.03. The topological polar surface area (TPSA) is 32.8 Å². The van der Waals surface area contributed by atoms with Gasteiger partial charge in [0, 0.05) is 43.9 Å². The summed E-state index contributed by atoms with van der Waals surface area (Å²) in [5.41, 5.74) is 4.78. The maximum atomic E-state index is 13.4. The molecule has 0 spiro atoms. The van der Waals surface area contributed by atoms with Crippen LogP contribution in [0.1, 0.15) is 22.8 Å². The summed E-state index contributed by atoms with van der Waals surface area (Å²) in [5.74, 6) is 0.734. The first-order valence-electron chi connectivity index (χ1n) is 11.0. The van der Waals surface area contributed by atoms with Crippen LogP contribution in [0.4, 0.5) is 5.69 Å². The molecule has 160 valence electrons. The van der Waals surface area contributed by atoms with Gasteiger partial charge in [0.05, 0.1) is 12.7 Å². The molecule has 1 heterocycles. The predicted molar refractivity (Wildman–Crippen MR) is 127 cm³/mol. The zero-order valence-corrected chi connectivity index (χ0v) is 18.4. The normalized spacial score (nSPS) is 14.5. The van der Waals surface area contributed by atoms with Crippen LogP contribution in [0.2, 0.25) is 0 Å². The Morgan fingerprint density at radius 3 is 2.16 bits per heavy atom. The fraction of sp³-hybridized carbons (Fsp3) is 0.296. The molecule has 1 saturated heterocycles. The van der Waals surface area contributed by atoms with Gasteiger partial charge in [0.25, 0.3) is 0 Å². The fourth-order valence-corrected chi connectivity index (χ4v) is 4.25. The molecule has 1 aliphatic rings. The number of Topliss-reactive ketones (excluding diaryl/α,β-unsaturated/α-hetero) is 1. The van der Waals surface area contributed by atoms with E-state index >= 15 is 0 Å². The molecule has 0 N–H and O–H groups in total. The molecule has 0 amide bonds. The quantitative estimate of drug-likeness (QED) is 0.513. The lowest BCUT2D eigenvalue weighted by atomic mass is 9.95. The van der Waals surface area contributed by atoms with Gasteiger partial charge >= 0.3 is 0 Å². The van der Waals surface area contributed by atoms with E-state index in [1.807, 2.05) is 54.6 Å². The number of benzene rings is 3. The van der Waals surface area contributed by atoms with E-state index in [0.29, 0.717) is 17.7 Å². The second-order valence-corrected chi connectivity index (χ2v) is 7.95. The molecule has 31 heavy (non-hydrogen) atoms. The van der Waals surface area contributed by atoms with Crippen LogP contribution < -0.4 is 9.64 Å². The standard InChI is InChI=1S/C27H30N2O2/c1-3-28-14-16-29(17-15-28)23-19-24(22-12-8-5-9-13-22)27(31-2)25(20-23)26(30)18-21-10-6-4-7-11-21/h4-13,19-20H,3,14-18H2,1-2H3. The molecule has 0 aliphatic carbocycles. The number of hydrogen-bond donors (Lipinski definition) is 0. The Balaban J connectivity index is 1.76. The highest BCUT2D eigenvalue weighted by atomic mass is 16.5. The SMILES string of the molecule is CCN1CCN(c2cc(C(=O)Cc3ccccc3)c(OC)c(-c3ccccc3)c2)CC1. The Morgan fingerprint density at radius 2 is 1.55 bits per heavy atom. The van der Waals surface area contributed by atoms with E-state index in [-0.39, 0.29) is 5.78 Å². The average molecular weight is 415 g/mol. The molecule has 3 aromatic rings. The van der Waals surface area contributed by atoms with Crippen LogP contribution in [0.25, 0.3) is 11.1 Å². The first-order chi connectivity index (χ1) is 15.2. The van der Waals surface area contributed by atoms with Crippen molar-refractivity contribution >= 4 is 11.5 Å². The Kier molecular flexibility index (Phi) is 6.68. The van der Waals surface area contributed by atoms with Gasteiger partial charge in [0.15, 0.2) is 5.78 Å².